The quantitative estimate of drug-likeness (QED) is 0.739. The van der Waals surface area contributed by atoms with Gasteiger partial charge in [0.05, 0.1) is 6.61 Å². The van der Waals surface area contributed by atoms with E-state index in [1.165, 1.54) is 0 Å². The third-order valence-electron chi connectivity index (χ3n) is 4.81. The summed E-state index contributed by atoms with van der Waals surface area (Å²) < 4.78 is 55.0. The highest BCUT2D eigenvalue weighted by molar-refractivity contribution is 5.12. The monoisotopic (exact) mass is 297 g/mol. The maximum absolute atomic E-state index is 13.8. The predicted octanol–water partition coefficient (Wildman–Crippen LogP) is 3.56. The van der Waals surface area contributed by atoms with Crippen LogP contribution in [0.4, 0.5) is 17.6 Å². The van der Waals surface area contributed by atoms with Crippen molar-refractivity contribution in [3.63, 3.8) is 0 Å². The summed E-state index contributed by atoms with van der Waals surface area (Å²) >= 11 is 0. The van der Waals surface area contributed by atoms with E-state index in [9.17, 15) is 17.6 Å². The molecular weight excluding hydrogens is 274 g/mol. The van der Waals surface area contributed by atoms with Gasteiger partial charge in [-0.25, -0.2) is 4.39 Å². The largest absolute Gasteiger partial charge is 0.411 e. The zero-order valence-corrected chi connectivity index (χ0v) is 12.3. The van der Waals surface area contributed by atoms with Gasteiger partial charge in [0, 0.05) is 18.1 Å². The summed E-state index contributed by atoms with van der Waals surface area (Å²) in [7, 11) is 0. The molecule has 2 nitrogen and oxygen atoms in total. The van der Waals surface area contributed by atoms with Crippen molar-refractivity contribution in [2.45, 2.75) is 64.0 Å². The second-order valence-corrected chi connectivity index (χ2v) is 7.06. The molecule has 0 amide bonds. The first-order valence-electron chi connectivity index (χ1n) is 7.10. The molecule has 2 heterocycles. The Morgan fingerprint density at radius 3 is 2.45 bits per heavy atom. The zero-order chi connectivity index (χ0) is 15.2. The lowest BCUT2D eigenvalue weighted by Gasteiger charge is -2.45. The van der Waals surface area contributed by atoms with Crippen LogP contribution in [0.15, 0.2) is 0 Å². The Morgan fingerprint density at radius 2 is 1.90 bits per heavy atom. The number of alkyl halides is 4. The molecule has 20 heavy (non-hydrogen) atoms. The van der Waals surface area contributed by atoms with Crippen molar-refractivity contribution in [1.29, 1.82) is 0 Å². The van der Waals surface area contributed by atoms with Crippen LogP contribution in [-0.4, -0.2) is 48.6 Å². The van der Waals surface area contributed by atoms with Gasteiger partial charge >= 0.3 is 6.18 Å². The fraction of sp³-hybridized carbons (Fsp3) is 1.00. The van der Waals surface area contributed by atoms with Crippen molar-refractivity contribution in [2.24, 2.45) is 5.41 Å². The number of nitrogens with zero attached hydrogens (tertiary/aromatic N) is 1. The van der Waals surface area contributed by atoms with Crippen molar-refractivity contribution in [2.75, 3.05) is 19.8 Å². The van der Waals surface area contributed by atoms with E-state index in [-0.39, 0.29) is 23.6 Å². The van der Waals surface area contributed by atoms with E-state index in [1.54, 1.807) is 0 Å². The molecule has 0 bridgehead atoms. The molecular formula is C14H23F4NO. The summed E-state index contributed by atoms with van der Waals surface area (Å²) in [6.45, 7) is 5.37. The summed E-state index contributed by atoms with van der Waals surface area (Å²) in [5.41, 5.74) is -0.328. The smallest absolute Gasteiger partial charge is 0.370 e. The minimum atomic E-state index is -4.30. The standard InChI is InChI=1S/C14H23F4NO/c1-12(2,3)13-5-4-11(8-20-9-14(16,17)18)19(13)7-10(15)6-13/h10-11H,4-9H2,1-3H3. The van der Waals surface area contributed by atoms with E-state index in [1.807, 2.05) is 0 Å². The lowest BCUT2D eigenvalue weighted by atomic mass is 9.71. The lowest BCUT2D eigenvalue weighted by molar-refractivity contribution is -0.177. The molecule has 2 fully saturated rings. The van der Waals surface area contributed by atoms with Gasteiger partial charge in [-0.15, -0.1) is 0 Å². The summed E-state index contributed by atoms with van der Waals surface area (Å²) in [4.78, 5) is 2.06. The molecule has 0 aliphatic carbocycles. The van der Waals surface area contributed by atoms with Gasteiger partial charge in [0.15, 0.2) is 0 Å². The minimum Gasteiger partial charge on any atom is -0.370 e. The summed E-state index contributed by atoms with van der Waals surface area (Å²) in [5.74, 6) is 0. The summed E-state index contributed by atoms with van der Waals surface area (Å²) in [6, 6.07) is -0.0997. The molecule has 0 radical (unpaired) electrons. The number of hydrogen-bond donors (Lipinski definition) is 0. The van der Waals surface area contributed by atoms with Crippen LogP contribution in [0, 0.1) is 5.41 Å². The van der Waals surface area contributed by atoms with Crippen molar-refractivity contribution < 1.29 is 22.3 Å². The van der Waals surface area contributed by atoms with Crippen molar-refractivity contribution in [3.8, 4) is 0 Å². The molecule has 0 saturated carbocycles. The topological polar surface area (TPSA) is 12.5 Å². The summed E-state index contributed by atoms with van der Waals surface area (Å²) in [6.07, 6.45) is -3.10. The maximum Gasteiger partial charge on any atom is 0.411 e. The van der Waals surface area contributed by atoms with E-state index >= 15 is 0 Å². The average Bonchev–Trinajstić information content (AvgIpc) is 2.73. The van der Waals surface area contributed by atoms with Crippen LogP contribution in [0.3, 0.4) is 0 Å². The Labute approximate surface area is 117 Å². The average molecular weight is 297 g/mol. The number of fused-ring (bicyclic) bond motifs is 1. The highest BCUT2D eigenvalue weighted by atomic mass is 19.4. The molecule has 0 spiro atoms. The predicted molar refractivity (Wildman–Crippen MR) is 68.3 cm³/mol. The molecule has 2 rings (SSSR count). The third kappa shape index (κ3) is 2.96. The Kier molecular flexibility index (Phi) is 4.11. The second kappa shape index (κ2) is 5.13. The fourth-order valence-corrected chi connectivity index (χ4v) is 3.84. The van der Waals surface area contributed by atoms with Gasteiger partial charge in [-0.1, -0.05) is 20.8 Å². The highest BCUT2D eigenvalue weighted by Gasteiger charge is 2.58. The van der Waals surface area contributed by atoms with E-state index in [0.717, 1.165) is 12.8 Å². The Bertz CT molecular complexity index is 352. The van der Waals surface area contributed by atoms with Crippen LogP contribution in [0.5, 0.6) is 0 Å². The van der Waals surface area contributed by atoms with Crippen LogP contribution in [-0.2, 0) is 4.74 Å². The molecule has 118 valence electrons. The molecule has 0 aromatic carbocycles. The third-order valence-corrected chi connectivity index (χ3v) is 4.81. The van der Waals surface area contributed by atoms with Gasteiger partial charge in [-0.2, -0.15) is 13.2 Å². The van der Waals surface area contributed by atoms with Gasteiger partial charge in [-0.3, -0.25) is 4.90 Å². The molecule has 3 atom stereocenters. The van der Waals surface area contributed by atoms with E-state index in [0.29, 0.717) is 13.0 Å². The van der Waals surface area contributed by atoms with E-state index in [4.69, 9.17) is 4.74 Å². The molecule has 2 aliphatic rings. The van der Waals surface area contributed by atoms with Gasteiger partial charge in [0.2, 0.25) is 0 Å². The first-order valence-corrected chi connectivity index (χ1v) is 7.10. The number of halogens is 4. The zero-order valence-electron chi connectivity index (χ0n) is 12.3. The van der Waals surface area contributed by atoms with Crippen LogP contribution in [0.2, 0.25) is 0 Å². The second-order valence-electron chi connectivity index (χ2n) is 7.06. The Morgan fingerprint density at radius 1 is 1.25 bits per heavy atom. The molecule has 0 aromatic heterocycles. The van der Waals surface area contributed by atoms with Crippen molar-refractivity contribution in [1.82, 2.24) is 4.90 Å². The first kappa shape index (κ1) is 16.0. The van der Waals surface area contributed by atoms with Crippen LogP contribution < -0.4 is 0 Å². The molecule has 0 aromatic rings. The van der Waals surface area contributed by atoms with Gasteiger partial charge in [0.25, 0.3) is 0 Å². The number of rotatable bonds is 3. The highest BCUT2D eigenvalue weighted by Crippen LogP contribution is 2.52. The molecule has 2 saturated heterocycles. The molecule has 0 N–H and O–H groups in total. The minimum absolute atomic E-state index is 0.0318. The Balaban J connectivity index is 2.01. The lowest BCUT2D eigenvalue weighted by Crippen LogP contribution is -2.52. The van der Waals surface area contributed by atoms with Crippen LogP contribution >= 0.6 is 0 Å². The SMILES string of the molecule is CC(C)(C)C12CCC(COCC(F)(F)F)N1CC(F)C2. The first-order chi connectivity index (χ1) is 9.05. The Hall–Kier alpha value is -0.360. The van der Waals surface area contributed by atoms with E-state index < -0.39 is 19.0 Å². The molecule has 6 heteroatoms. The fourth-order valence-electron chi connectivity index (χ4n) is 3.84. The van der Waals surface area contributed by atoms with Crippen LogP contribution in [0.1, 0.15) is 40.0 Å². The van der Waals surface area contributed by atoms with Gasteiger partial charge in [-0.05, 0) is 24.7 Å². The maximum atomic E-state index is 13.8. The van der Waals surface area contributed by atoms with Crippen molar-refractivity contribution >= 4 is 0 Å². The van der Waals surface area contributed by atoms with Crippen LogP contribution in [0.25, 0.3) is 0 Å². The van der Waals surface area contributed by atoms with E-state index in [2.05, 4.69) is 25.7 Å². The normalized spacial score (nSPS) is 35.5. The molecule has 3 unspecified atom stereocenters. The van der Waals surface area contributed by atoms with Gasteiger partial charge in [0.1, 0.15) is 12.8 Å². The van der Waals surface area contributed by atoms with Crippen molar-refractivity contribution in [3.05, 3.63) is 0 Å². The molecule has 2 aliphatic heterocycles. The van der Waals surface area contributed by atoms with Gasteiger partial charge < -0.3 is 4.74 Å². The number of ether oxygens (including phenoxy) is 1. The summed E-state index contributed by atoms with van der Waals surface area (Å²) in [5, 5.41) is 0. The number of hydrogen-bond acceptors (Lipinski definition) is 2.